The SMILES string of the molecule is CCOC(=O)N1CCN(C(=NC)NCC(C)(C)c2ccc(OC)cc2)CC1. The molecule has 7 nitrogen and oxygen atoms in total. The van der Waals surface area contributed by atoms with E-state index in [9.17, 15) is 4.79 Å². The van der Waals surface area contributed by atoms with Crippen molar-refractivity contribution in [2.75, 3.05) is 53.5 Å². The topological polar surface area (TPSA) is 66.4 Å². The van der Waals surface area contributed by atoms with E-state index in [-0.39, 0.29) is 11.5 Å². The second-order valence-corrected chi connectivity index (χ2v) is 7.19. The zero-order chi connectivity index (χ0) is 19.9. The van der Waals surface area contributed by atoms with Crippen LogP contribution in [0, 0.1) is 0 Å². The molecular formula is C20H32N4O3. The molecule has 0 spiro atoms. The van der Waals surface area contributed by atoms with Crippen LogP contribution in [0.4, 0.5) is 4.79 Å². The number of aliphatic imine (C=N–C) groups is 1. The molecule has 1 N–H and O–H groups in total. The molecule has 1 aromatic carbocycles. The van der Waals surface area contributed by atoms with Crippen molar-refractivity contribution in [2.45, 2.75) is 26.2 Å². The molecule has 0 radical (unpaired) electrons. The maximum atomic E-state index is 11.8. The fourth-order valence-electron chi connectivity index (χ4n) is 3.09. The Morgan fingerprint density at radius 1 is 1.15 bits per heavy atom. The third-order valence-corrected chi connectivity index (χ3v) is 4.88. The number of amides is 1. The number of nitrogens with zero attached hydrogens (tertiary/aromatic N) is 3. The lowest BCUT2D eigenvalue weighted by Gasteiger charge is -2.37. The predicted molar refractivity (Wildman–Crippen MR) is 108 cm³/mol. The number of hydrogen-bond acceptors (Lipinski definition) is 4. The second-order valence-electron chi connectivity index (χ2n) is 7.19. The van der Waals surface area contributed by atoms with Gasteiger partial charge in [-0.1, -0.05) is 26.0 Å². The maximum Gasteiger partial charge on any atom is 0.409 e. The Hall–Kier alpha value is -2.44. The monoisotopic (exact) mass is 376 g/mol. The zero-order valence-electron chi connectivity index (χ0n) is 17.1. The lowest BCUT2D eigenvalue weighted by molar-refractivity contribution is 0.0914. The molecule has 1 aromatic rings. The van der Waals surface area contributed by atoms with Gasteiger partial charge in [-0.3, -0.25) is 4.99 Å². The standard InChI is InChI=1S/C20H32N4O3/c1-6-27-19(25)24-13-11-23(12-14-24)18(21-4)22-15-20(2,3)16-7-9-17(26-5)10-8-16/h7-10H,6,11-15H2,1-5H3,(H,21,22). The van der Waals surface area contributed by atoms with Crippen LogP contribution in [0.1, 0.15) is 26.3 Å². The van der Waals surface area contributed by atoms with Crippen molar-refractivity contribution in [3.63, 3.8) is 0 Å². The van der Waals surface area contributed by atoms with Gasteiger partial charge in [0, 0.05) is 45.2 Å². The highest BCUT2D eigenvalue weighted by molar-refractivity contribution is 5.80. The van der Waals surface area contributed by atoms with Crippen LogP contribution in [0.25, 0.3) is 0 Å². The minimum Gasteiger partial charge on any atom is -0.497 e. The lowest BCUT2D eigenvalue weighted by Crippen LogP contribution is -2.55. The molecule has 27 heavy (non-hydrogen) atoms. The predicted octanol–water partition coefficient (Wildman–Crippen LogP) is 2.32. The van der Waals surface area contributed by atoms with Gasteiger partial charge in [0.1, 0.15) is 5.75 Å². The van der Waals surface area contributed by atoms with Gasteiger partial charge in [-0.2, -0.15) is 0 Å². The Balaban J connectivity index is 1.90. The van der Waals surface area contributed by atoms with Crippen molar-refractivity contribution >= 4 is 12.1 Å². The Kier molecular flexibility index (Phi) is 7.33. The molecule has 0 aliphatic carbocycles. The molecule has 2 rings (SSSR count). The largest absolute Gasteiger partial charge is 0.497 e. The number of ether oxygens (including phenoxy) is 2. The van der Waals surface area contributed by atoms with E-state index in [1.165, 1.54) is 5.56 Å². The fourth-order valence-corrected chi connectivity index (χ4v) is 3.09. The first-order chi connectivity index (χ1) is 12.9. The summed E-state index contributed by atoms with van der Waals surface area (Å²) in [7, 11) is 3.47. The zero-order valence-corrected chi connectivity index (χ0v) is 17.1. The number of carbonyl (C=O) groups excluding carboxylic acids is 1. The number of nitrogens with one attached hydrogen (secondary N) is 1. The lowest BCUT2D eigenvalue weighted by atomic mass is 9.84. The highest BCUT2D eigenvalue weighted by Crippen LogP contribution is 2.24. The maximum absolute atomic E-state index is 11.8. The second kappa shape index (κ2) is 9.48. The van der Waals surface area contributed by atoms with E-state index in [1.807, 2.05) is 19.1 Å². The molecule has 7 heteroatoms. The van der Waals surface area contributed by atoms with E-state index in [1.54, 1.807) is 19.1 Å². The summed E-state index contributed by atoms with van der Waals surface area (Å²) in [6, 6.07) is 8.17. The number of methoxy groups -OCH3 is 1. The van der Waals surface area contributed by atoms with Crippen molar-refractivity contribution < 1.29 is 14.3 Å². The van der Waals surface area contributed by atoms with Crippen LogP contribution in [0.2, 0.25) is 0 Å². The van der Waals surface area contributed by atoms with Crippen LogP contribution >= 0.6 is 0 Å². The molecule has 0 bridgehead atoms. The third-order valence-electron chi connectivity index (χ3n) is 4.88. The molecule has 0 atom stereocenters. The van der Waals surface area contributed by atoms with Gasteiger partial charge in [0.2, 0.25) is 0 Å². The molecule has 1 saturated heterocycles. The quantitative estimate of drug-likeness (QED) is 0.631. The molecule has 1 amide bonds. The third kappa shape index (κ3) is 5.52. The van der Waals surface area contributed by atoms with E-state index in [2.05, 4.69) is 41.2 Å². The summed E-state index contributed by atoms with van der Waals surface area (Å²) in [5.74, 6) is 1.72. The summed E-state index contributed by atoms with van der Waals surface area (Å²) >= 11 is 0. The van der Waals surface area contributed by atoms with E-state index in [0.717, 1.165) is 31.3 Å². The molecule has 1 heterocycles. The van der Waals surface area contributed by atoms with Gasteiger partial charge in [0.25, 0.3) is 0 Å². The van der Waals surface area contributed by atoms with Crippen LogP contribution in [0.3, 0.4) is 0 Å². The first-order valence-corrected chi connectivity index (χ1v) is 9.43. The molecule has 0 unspecified atom stereocenters. The van der Waals surface area contributed by atoms with Crippen LogP contribution in [-0.4, -0.2) is 75.3 Å². The molecule has 0 aromatic heterocycles. The van der Waals surface area contributed by atoms with Crippen LogP contribution < -0.4 is 10.1 Å². The van der Waals surface area contributed by atoms with Gasteiger partial charge >= 0.3 is 6.09 Å². The smallest absolute Gasteiger partial charge is 0.409 e. The normalized spacial score (nSPS) is 15.5. The summed E-state index contributed by atoms with van der Waals surface area (Å²) in [4.78, 5) is 20.2. The number of benzene rings is 1. The number of guanidine groups is 1. The fraction of sp³-hybridized carbons (Fsp3) is 0.600. The summed E-state index contributed by atoms with van der Waals surface area (Å²) in [5, 5.41) is 3.49. The number of hydrogen-bond donors (Lipinski definition) is 1. The van der Waals surface area contributed by atoms with Crippen molar-refractivity contribution in [1.82, 2.24) is 15.1 Å². The van der Waals surface area contributed by atoms with E-state index in [0.29, 0.717) is 19.7 Å². The highest BCUT2D eigenvalue weighted by atomic mass is 16.6. The van der Waals surface area contributed by atoms with Gasteiger partial charge < -0.3 is 24.6 Å². The van der Waals surface area contributed by atoms with Crippen LogP contribution in [-0.2, 0) is 10.2 Å². The van der Waals surface area contributed by atoms with Crippen LogP contribution in [0.5, 0.6) is 5.75 Å². The minimum absolute atomic E-state index is 0.0606. The Bertz CT molecular complexity index is 635. The molecule has 1 aliphatic rings. The van der Waals surface area contributed by atoms with Gasteiger partial charge in [-0.15, -0.1) is 0 Å². The van der Waals surface area contributed by atoms with Gasteiger partial charge in [0.15, 0.2) is 5.96 Å². The van der Waals surface area contributed by atoms with Crippen molar-refractivity contribution in [3.05, 3.63) is 29.8 Å². The number of rotatable bonds is 5. The van der Waals surface area contributed by atoms with Gasteiger partial charge in [0.05, 0.1) is 13.7 Å². The first kappa shape index (κ1) is 20.9. The van der Waals surface area contributed by atoms with Crippen molar-refractivity contribution in [3.8, 4) is 5.75 Å². The van der Waals surface area contributed by atoms with E-state index in [4.69, 9.17) is 9.47 Å². The van der Waals surface area contributed by atoms with E-state index < -0.39 is 0 Å². The van der Waals surface area contributed by atoms with Gasteiger partial charge in [-0.05, 0) is 24.6 Å². The average Bonchev–Trinajstić information content (AvgIpc) is 2.69. The van der Waals surface area contributed by atoms with Crippen molar-refractivity contribution in [2.24, 2.45) is 4.99 Å². The van der Waals surface area contributed by atoms with Crippen LogP contribution in [0.15, 0.2) is 29.3 Å². The Morgan fingerprint density at radius 3 is 2.26 bits per heavy atom. The molecule has 1 aliphatic heterocycles. The minimum atomic E-state index is -0.235. The number of piperazine rings is 1. The van der Waals surface area contributed by atoms with Gasteiger partial charge in [-0.25, -0.2) is 4.79 Å². The summed E-state index contributed by atoms with van der Waals surface area (Å²) in [6.07, 6.45) is -0.235. The molecular weight excluding hydrogens is 344 g/mol. The van der Waals surface area contributed by atoms with E-state index >= 15 is 0 Å². The Labute approximate surface area is 162 Å². The molecule has 0 saturated carbocycles. The summed E-state index contributed by atoms with van der Waals surface area (Å²) < 4.78 is 10.3. The summed E-state index contributed by atoms with van der Waals surface area (Å²) in [6.45, 7) is 10.1. The average molecular weight is 377 g/mol. The van der Waals surface area contributed by atoms with Crippen molar-refractivity contribution in [1.29, 1.82) is 0 Å². The highest BCUT2D eigenvalue weighted by Gasteiger charge is 2.26. The molecule has 150 valence electrons. The first-order valence-electron chi connectivity index (χ1n) is 9.43. The Morgan fingerprint density at radius 2 is 1.74 bits per heavy atom. The molecule has 1 fully saturated rings. The summed E-state index contributed by atoms with van der Waals surface area (Å²) in [5.41, 5.74) is 1.17. The number of carbonyl (C=O) groups is 1.